The number of benzene rings is 2. The van der Waals surface area contributed by atoms with Crippen LogP contribution < -0.4 is 4.74 Å². The zero-order valence-electron chi connectivity index (χ0n) is 11.8. The van der Waals surface area contributed by atoms with Crippen LogP contribution in [-0.2, 0) is 4.74 Å². The van der Waals surface area contributed by atoms with Crippen LogP contribution in [0.1, 0.15) is 17.2 Å². The molecule has 2 aromatic carbocycles. The van der Waals surface area contributed by atoms with E-state index in [0.29, 0.717) is 6.61 Å². The lowest BCUT2D eigenvalue weighted by molar-refractivity contribution is 0.182. The molecule has 0 amide bonds. The summed E-state index contributed by atoms with van der Waals surface area (Å²) < 4.78 is 10.5. The van der Waals surface area contributed by atoms with Crippen molar-refractivity contribution in [3.8, 4) is 5.75 Å². The molecule has 0 aliphatic rings. The predicted octanol–water partition coefficient (Wildman–Crippen LogP) is 3.50. The first-order valence-corrected chi connectivity index (χ1v) is 6.54. The minimum atomic E-state index is 0.00685. The highest BCUT2D eigenvalue weighted by Crippen LogP contribution is 2.18. The highest BCUT2D eigenvalue weighted by Gasteiger charge is 2.07. The third-order valence-corrected chi connectivity index (χ3v) is 3.01. The van der Waals surface area contributed by atoms with Crippen molar-refractivity contribution in [1.82, 2.24) is 0 Å². The summed E-state index contributed by atoms with van der Waals surface area (Å²) >= 11 is 0. The van der Waals surface area contributed by atoms with Crippen LogP contribution in [0.15, 0.2) is 59.6 Å². The molecule has 0 aliphatic carbocycles. The molecule has 0 fully saturated rings. The fraction of sp³-hybridized carbons (Fsp3) is 0.235. The van der Waals surface area contributed by atoms with Crippen LogP contribution in [0.4, 0.5) is 0 Å². The Morgan fingerprint density at radius 2 is 1.85 bits per heavy atom. The van der Waals surface area contributed by atoms with Crippen molar-refractivity contribution in [3.63, 3.8) is 0 Å². The number of hydrogen-bond acceptors (Lipinski definition) is 3. The maximum absolute atomic E-state index is 5.25. The van der Waals surface area contributed by atoms with Crippen molar-refractivity contribution >= 4 is 6.21 Å². The third kappa shape index (κ3) is 3.93. The smallest absolute Gasteiger partial charge is 0.119 e. The molecule has 2 aromatic rings. The normalized spacial score (nSPS) is 12.5. The van der Waals surface area contributed by atoms with Gasteiger partial charge in [0.05, 0.1) is 19.8 Å². The molecule has 20 heavy (non-hydrogen) atoms. The molecule has 0 saturated carbocycles. The standard InChI is InChI=1S/C17H19NO2/c1-19-13-17(15-8-4-3-5-9-15)18-12-14-7-6-10-16(11-14)20-2/h3-12,17H,13H2,1-2H3/t17-/m0/s1. The first kappa shape index (κ1) is 14.3. The molecule has 3 nitrogen and oxygen atoms in total. The van der Waals surface area contributed by atoms with Crippen LogP contribution in [0.2, 0.25) is 0 Å². The summed E-state index contributed by atoms with van der Waals surface area (Å²) in [4.78, 5) is 4.62. The van der Waals surface area contributed by atoms with Crippen molar-refractivity contribution in [2.75, 3.05) is 20.8 Å². The molecule has 104 valence electrons. The zero-order valence-corrected chi connectivity index (χ0v) is 11.8. The van der Waals surface area contributed by atoms with Crippen LogP contribution in [0.3, 0.4) is 0 Å². The fourth-order valence-electron chi connectivity index (χ4n) is 1.96. The molecule has 0 aliphatic heterocycles. The van der Waals surface area contributed by atoms with Gasteiger partial charge in [0.25, 0.3) is 0 Å². The van der Waals surface area contributed by atoms with Gasteiger partial charge in [0.2, 0.25) is 0 Å². The van der Waals surface area contributed by atoms with E-state index in [4.69, 9.17) is 9.47 Å². The summed E-state index contributed by atoms with van der Waals surface area (Å²) in [6.07, 6.45) is 1.86. The van der Waals surface area contributed by atoms with Crippen molar-refractivity contribution in [1.29, 1.82) is 0 Å². The Kier molecular flexibility index (Phi) is 5.33. The van der Waals surface area contributed by atoms with Gasteiger partial charge in [-0.25, -0.2) is 0 Å². The summed E-state index contributed by atoms with van der Waals surface area (Å²) in [6, 6.07) is 18.0. The SMILES string of the molecule is COC[C@H](N=Cc1cccc(OC)c1)c1ccccc1. The zero-order chi connectivity index (χ0) is 14.2. The molecule has 3 heteroatoms. The summed E-state index contributed by atoms with van der Waals surface area (Å²) in [6.45, 7) is 0.560. The number of aliphatic imine (C=N–C) groups is 1. The first-order valence-electron chi connectivity index (χ1n) is 6.54. The molecule has 0 aromatic heterocycles. The van der Waals surface area contributed by atoms with E-state index < -0.39 is 0 Å². The van der Waals surface area contributed by atoms with E-state index >= 15 is 0 Å². The minimum absolute atomic E-state index is 0.00685. The Labute approximate surface area is 119 Å². The Hall–Kier alpha value is -2.13. The van der Waals surface area contributed by atoms with Crippen LogP contribution >= 0.6 is 0 Å². The van der Waals surface area contributed by atoms with Gasteiger partial charge in [-0.1, -0.05) is 42.5 Å². The quantitative estimate of drug-likeness (QED) is 0.751. The number of nitrogens with zero attached hydrogens (tertiary/aromatic N) is 1. The molecule has 0 bridgehead atoms. The highest BCUT2D eigenvalue weighted by atomic mass is 16.5. The fourth-order valence-corrected chi connectivity index (χ4v) is 1.96. The molecular weight excluding hydrogens is 250 g/mol. The monoisotopic (exact) mass is 269 g/mol. The second-order valence-corrected chi connectivity index (χ2v) is 4.44. The Bertz CT molecular complexity index is 552. The second-order valence-electron chi connectivity index (χ2n) is 4.44. The van der Waals surface area contributed by atoms with Gasteiger partial charge < -0.3 is 9.47 Å². The van der Waals surface area contributed by atoms with Crippen LogP contribution in [0, 0.1) is 0 Å². The summed E-state index contributed by atoms with van der Waals surface area (Å²) in [7, 11) is 3.35. The topological polar surface area (TPSA) is 30.8 Å². The Morgan fingerprint density at radius 3 is 2.55 bits per heavy atom. The lowest BCUT2D eigenvalue weighted by Crippen LogP contribution is -2.04. The molecule has 0 heterocycles. The molecule has 0 radical (unpaired) electrons. The second kappa shape index (κ2) is 7.46. The number of methoxy groups -OCH3 is 2. The largest absolute Gasteiger partial charge is 0.497 e. The van der Waals surface area contributed by atoms with E-state index in [2.05, 4.69) is 17.1 Å². The first-order chi connectivity index (χ1) is 9.83. The minimum Gasteiger partial charge on any atom is -0.497 e. The highest BCUT2D eigenvalue weighted by molar-refractivity contribution is 5.80. The lowest BCUT2D eigenvalue weighted by atomic mass is 10.1. The molecule has 0 unspecified atom stereocenters. The number of rotatable bonds is 6. The molecule has 2 rings (SSSR count). The lowest BCUT2D eigenvalue weighted by Gasteiger charge is -2.11. The van der Waals surface area contributed by atoms with Crippen LogP contribution in [0.25, 0.3) is 0 Å². The van der Waals surface area contributed by atoms with Crippen molar-refractivity contribution in [2.24, 2.45) is 4.99 Å². The van der Waals surface area contributed by atoms with Gasteiger partial charge >= 0.3 is 0 Å². The Morgan fingerprint density at radius 1 is 1.05 bits per heavy atom. The van der Waals surface area contributed by atoms with Crippen molar-refractivity contribution in [2.45, 2.75) is 6.04 Å². The van der Waals surface area contributed by atoms with Gasteiger partial charge in [-0.05, 0) is 23.3 Å². The third-order valence-electron chi connectivity index (χ3n) is 3.01. The van der Waals surface area contributed by atoms with Crippen LogP contribution in [0.5, 0.6) is 5.75 Å². The molecular formula is C17H19NO2. The van der Waals surface area contributed by atoms with Crippen LogP contribution in [-0.4, -0.2) is 27.0 Å². The van der Waals surface area contributed by atoms with E-state index in [9.17, 15) is 0 Å². The van der Waals surface area contributed by atoms with Crippen molar-refractivity contribution in [3.05, 3.63) is 65.7 Å². The molecule has 0 saturated heterocycles. The maximum Gasteiger partial charge on any atom is 0.119 e. The summed E-state index contributed by atoms with van der Waals surface area (Å²) in [5, 5.41) is 0. The summed E-state index contributed by atoms with van der Waals surface area (Å²) in [5.74, 6) is 0.831. The average molecular weight is 269 g/mol. The van der Waals surface area contributed by atoms with Gasteiger partial charge in [-0.15, -0.1) is 0 Å². The van der Waals surface area contributed by atoms with E-state index in [-0.39, 0.29) is 6.04 Å². The van der Waals surface area contributed by atoms with Gasteiger partial charge in [0.15, 0.2) is 0 Å². The van der Waals surface area contributed by atoms with E-state index in [0.717, 1.165) is 16.9 Å². The van der Waals surface area contributed by atoms with Gasteiger partial charge in [-0.3, -0.25) is 4.99 Å². The van der Waals surface area contributed by atoms with E-state index in [1.807, 2.05) is 48.7 Å². The van der Waals surface area contributed by atoms with E-state index in [1.54, 1.807) is 14.2 Å². The molecule has 0 spiro atoms. The number of hydrogen-bond donors (Lipinski definition) is 0. The predicted molar refractivity (Wildman–Crippen MR) is 81.6 cm³/mol. The van der Waals surface area contributed by atoms with Crippen molar-refractivity contribution < 1.29 is 9.47 Å². The average Bonchev–Trinajstić information content (AvgIpc) is 2.52. The van der Waals surface area contributed by atoms with Gasteiger partial charge in [0, 0.05) is 13.3 Å². The maximum atomic E-state index is 5.25. The molecule has 1 atom stereocenters. The number of ether oxygens (including phenoxy) is 2. The van der Waals surface area contributed by atoms with Gasteiger partial charge in [0.1, 0.15) is 5.75 Å². The van der Waals surface area contributed by atoms with Gasteiger partial charge in [-0.2, -0.15) is 0 Å². The summed E-state index contributed by atoms with van der Waals surface area (Å²) in [5.41, 5.74) is 2.16. The molecule has 0 N–H and O–H groups in total. The Balaban J connectivity index is 2.17. The van der Waals surface area contributed by atoms with E-state index in [1.165, 1.54) is 0 Å².